The molecule has 0 unspecified atom stereocenters. The van der Waals surface area contributed by atoms with Crippen LogP contribution in [-0.2, 0) is 4.79 Å². The predicted octanol–water partition coefficient (Wildman–Crippen LogP) is 6.58. The molecule has 0 saturated carbocycles. The van der Waals surface area contributed by atoms with Gasteiger partial charge in [-0.05, 0) is 53.8 Å². The molecule has 4 aromatic rings. The van der Waals surface area contributed by atoms with E-state index in [0.717, 1.165) is 22.2 Å². The van der Waals surface area contributed by atoms with Gasteiger partial charge in [0.15, 0.2) is 5.58 Å². The summed E-state index contributed by atoms with van der Waals surface area (Å²) in [6.07, 6.45) is 3.34. The molecule has 0 fully saturated rings. The number of amides is 1. The highest BCUT2D eigenvalue weighted by Crippen LogP contribution is 2.28. The summed E-state index contributed by atoms with van der Waals surface area (Å²) < 4.78 is 5.94. The van der Waals surface area contributed by atoms with Crippen molar-refractivity contribution in [2.45, 2.75) is 26.7 Å². The maximum atomic E-state index is 12.3. The zero-order chi connectivity index (χ0) is 21.1. The van der Waals surface area contributed by atoms with E-state index in [-0.39, 0.29) is 5.91 Å². The number of nitrogens with one attached hydrogen (secondary N) is 1. The number of anilines is 1. The van der Waals surface area contributed by atoms with E-state index in [1.807, 2.05) is 61.5 Å². The van der Waals surface area contributed by atoms with Gasteiger partial charge in [0.05, 0.1) is 0 Å². The summed E-state index contributed by atoms with van der Waals surface area (Å²) in [6, 6.07) is 21.7. The van der Waals surface area contributed by atoms with E-state index < -0.39 is 0 Å². The molecule has 1 aromatic heterocycles. The number of aromatic nitrogens is 1. The highest BCUT2D eigenvalue weighted by molar-refractivity contribution is 6.02. The van der Waals surface area contributed by atoms with Gasteiger partial charge in [-0.2, -0.15) is 0 Å². The lowest BCUT2D eigenvalue weighted by Gasteiger charge is -2.04. The van der Waals surface area contributed by atoms with Gasteiger partial charge >= 0.3 is 0 Å². The summed E-state index contributed by atoms with van der Waals surface area (Å²) in [5.74, 6) is 0.876. The first-order valence-electron chi connectivity index (χ1n) is 10.1. The normalized spacial score (nSPS) is 11.5. The molecule has 1 N–H and O–H groups in total. The van der Waals surface area contributed by atoms with Gasteiger partial charge < -0.3 is 9.73 Å². The monoisotopic (exact) mass is 396 g/mol. The van der Waals surface area contributed by atoms with Crippen molar-refractivity contribution in [3.05, 3.63) is 89.5 Å². The van der Waals surface area contributed by atoms with E-state index in [1.165, 1.54) is 11.6 Å². The fourth-order valence-electron chi connectivity index (χ4n) is 3.28. The molecule has 0 atom stereocenters. The summed E-state index contributed by atoms with van der Waals surface area (Å²) in [6.45, 7) is 6.35. The van der Waals surface area contributed by atoms with Gasteiger partial charge in [0, 0.05) is 23.4 Å². The molecule has 3 aromatic carbocycles. The van der Waals surface area contributed by atoms with Crippen molar-refractivity contribution < 1.29 is 9.21 Å². The fraction of sp³-hybridized carbons (Fsp3) is 0.154. The fourth-order valence-corrected chi connectivity index (χ4v) is 3.28. The van der Waals surface area contributed by atoms with E-state index >= 15 is 0 Å². The summed E-state index contributed by atoms with van der Waals surface area (Å²) in [5.41, 5.74) is 6.39. The number of fused-ring (bicyclic) bond motifs is 1. The molecule has 30 heavy (non-hydrogen) atoms. The molecule has 0 aliphatic rings. The van der Waals surface area contributed by atoms with E-state index in [2.05, 4.69) is 36.3 Å². The van der Waals surface area contributed by atoms with Gasteiger partial charge in [-0.3, -0.25) is 4.79 Å². The first-order chi connectivity index (χ1) is 14.5. The van der Waals surface area contributed by atoms with Crippen LogP contribution in [0.5, 0.6) is 0 Å². The summed E-state index contributed by atoms with van der Waals surface area (Å²) >= 11 is 0. The highest BCUT2D eigenvalue weighted by Gasteiger charge is 2.11. The molecule has 4 rings (SSSR count). The molecule has 0 bridgehead atoms. The summed E-state index contributed by atoms with van der Waals surface area (Å²) in [4.78, 5) is 16.9. The zero-order valence-corrected chi connectivity index (χ0v) is 17.3. The van der Waals surface area contributed by atoms with Crippen molar-refractivity contribution in [1.29, 1.82) is 0 Å². The minimum Gasteiger partial charge on any atom is -0.436 e. The van der Waals surface area contributed by atoms with Crippen LogP contribution >= 0.6 is 0 Å². The van der Waals surface area contributed by atoms with Crippen LogP contribution in [0.25, 0.3) is 28.6 Å². The molecule has 0 saturated heterocycles. The second-order valence-corrected chi connectivity index (χ2v) is 7.66. The van der Waals surface area contributed by atoms with Crippen LogP contribution in [0.2, 0.25) is 0 Å². The van der Waals surface area contributed by atoms with Crippen molar-refractivity contribution in [1.82, 2.24) is 4.98 Å². The number of hydrogen-bond acceptors (Lipinski definition) is 3. The Bertz CT molecular complexity index is 1220. The highest BCUT2D eigenvalue weighted by atomic mass is 16.3. The molecule has 0 aliphatic carbocycles. The minimum atomic E-state index is -0.194. The zero-order valence-electron chi connectivity index (χ0n) is 17.3. The lowest BCUT2D eigenvalue weighted by Crippen LogP contribution is -2.07. The van der Waals surface area contributed by atoms with Crippen LogP contribution in [0.1, 0.15) is 36.5 Å². The molecule has 1 amide bonds. The average molecular weight is 396 g/mol. The van der Waals surface area contributed by atoms with Crippen molar-refractivity contribution in [2.24, 2.45) is 0 Å². The van der Waals surface area contributed by atoms with Gasteiger partial charge in [0.25, 0.3) is 0 Å². The molecule has 150 valence electrons. The second-order valence-electron chi connectivity index (χ2n) is 7.66. The first-order valence-corrected chi connectivity index (χ1v) is 10.1. The number of aryl methyl sites for hydroxylation is 1. The molecular weight excluding hydrogens is 372 g/mol. The van der Waals surface area contributed by atoms with E-state index in [4.69, 9.17) is 4.42 Å². The number of rotatable bonds is 5. The largest absolute Gasteiger partial charge is 0.436 e. The molecule has 4 heteroatoms. The number of hydrogen-bond donors (Lipinski definition) is 1. The number of nitrogens with zero attached hydrogens (tertiary/aromatic N) is 1. The van der Waals surface area contributed by atoms with Gasteiger partial charge in [-0.1, -0.05) is 56.3 Å². The average Bonchev–Trinajstić information content (AvgIpc) is 3.16. The van der Waals surface area contributed by atoms with Crippen molar-refractivity contribution in [3.63, 3.8) is 0 Å². The number of oxazole rings is 1. The Hall–Kier alpha value is -3.66. The van der Waals surface area contributed by atoms with Gasteiger partial charge in [0.1, 0.15) is 5.52 Å². The smallest absolute Gasteiger partial charge is 0.248 e. The minimum absolute atomic E-state index is 0.194. The van der Waals surface area contributed by atoms with Crippen LogP contribution in [0.4, 0.5) is 5.69 Å². The number of carbonyl (C=O) groups is 1. The quantitative estimate of drug-likeness (QED) is 0.388. The summed E-state index contributed by atoms with van der Waals surface area (Å²) in [7, 11) is 0. The van der Waals surface area contributed by atoms with Gasteiger partial charge in [-0.25, -0.2) is 4.98 Å². The maximum Gasteiger partial charge on any atom is 0.248 e. The Kier molecular flexibility index (Phi) is 5.48. The molecule has 1 heterocycles. The summed E-state index contributed by atoms with van der Waals surface area (Å²) in [5, 5.41) is 2.88. The third-order valence-electron chi connectivity index (χ3n) is 5.06. The molecule has 0 radical (unpaired) electrons. The maximum absolute atomic E-state index is 12.3. The lowest BCUT2D eigenvalue weighted by atomic mass is 10.0. The molecule has 0 aliphatic heterocycles. The van der Waals surface area contributed by atoms with E-state index in [9.17, 15) is 4.79 Å². The molecular formula is C26H24N2O2. The van der Waals surface area contributed by atoms with Gasteiger partial charge in [-0.15, -0.1) is 0 Å². The third kappa shape index (κ3) is 4.33. The topological polar surface area (TPSA) is 55.1 Å². The Morgan fingerprint density at radius 2 is 1.80 bits per heavy atom. The second kappa shape index (κ2) is 8.37. The Labute approximate surface area is 176 Å². The number of benzene rings is 3. The van der Waals surface area contributed by atoms with Gasteiger partial charge in [0.2, 0.25) is 11.8 Å². The number of carbonyl (C=O) groups excluding carboxylic acids is 1. The van der Waals surface area contributed by atoms with Crippen LogP contribution in [0.15, 0.2) is 77.2 Å². The van der Waals surface area contributed by atoms with Crippen LogP contribution in [-0.4, -0.2) is 10.9 Å². The standard InChI is InChI=1S/C26H24N2O2/c1-17(2)20-11-8-19(9-12-20)10-15-25(29)27-21-13-14-23-24(16-21)30-26(28-23)22-7-5-4-6-18(22)3/h4-17H,1-3H3,(H,27,29)/b15-10+. The third-order valence-corrected chi connectivity index (χ3v) is 5.06. The molecule has 4 nitrogen and oxygen atoms in total. The van der Waals surface area contributed by atoms with Crippen LogP contribution in [0, 0.1) is 6.92 Å². The Morgan fingerprint density at radius 1 is 1.03 bits per heavy atom. The predicted molar refractivity (Wildman–Crippen MR) is 122 cm³/mol. The van der Waals surface area contributed by atoms with Crippen molar-refractivity contribution in [2.75, 3.05) is 5.32 Å². The van der Waals surface area contributed by atoms with E-state index in [1.54, 1.807) is 6.07 Å². The van der Waals surface area contributed by atoms with E-state index in [0.29, 0.717) is 23.1 Å². The Morgan fingerprint density at radius 3 is 2.53 bits per heavy atom. The first kappa shape index (κ1) is 19.6. The molecule has 0 spiro atoms. The van der Waals surface area contributed by atoms with Crippen molar-refractivity contribution in [3.8, 4) is 11.5 Å². The lowest BCUT2D eigenvalue weighted by molar-refractivity contribution is -0.111. The van der Waals surface area contributed by atoms with Crippen molar-refractivity contribution >= 4 is 28.8 Å². The van der Waals surface area contributed by atoms with Crippen LogP contribution < -0.4 is 5.32 Å². The SMILES string of the molecule is Cc1ccccc1-c1nc2ccc(NC(=O)/C=C/c3ccc(C(C)C)cc3)cc2o1. The Balaban J connectivity index is 1.48. The van der Waals surface area contributed by atoms with Crippen LogP contribution in [0.3, 0.4) is 0 Å².